The molecule has 0 aliphatic rings. The molecule has 1 aromatic carbocycles. The number of nitrogens with one attached hydrogen (secondary N) is 1. The first kappa shape index (κ1) is 16.5. The monoisotopic (exact) mass is 318 g/mol. The van der Waals surface area contributed by atoms with Crippen molar-refractivity contribution in [2.24, 2.45) is 5.41 Å². The lowest BCUT2D eigenvalue weighted by Gasteiger charge is -2.16. The highest BCUT2D eigenvalue weighted by Crippen LogP contribution is 2.27. The zero-order valence-corrected chi connectivity index (χ0v) is 14.3. The second-order valence-electron chi connectivity index (χ2n) is 6.28. The van der Waals surface area contributed by atoms with Gasteiger partial charge in [-0.25, -0.2) is 4.98 Å². The van der Waals surface area contributed by atoms with Gasteiger partial charge >= 0.3 is 0 Å². The molecule has 0 atom stereocenters. The summed E-state index contributed by atoms with van der Waals surface area (Å²) in [7, 11) is 0. The van der Waals surface area contributed by atoms with Crippen LogP contribution in [0.2, 0.25) is 0 Å². The second kappa shape index (κ2) is 6.92. The van der Waals surface area contributed by atoms with Crippen LogP contribution in [0.1, 0.15) is 34.1 Å². The summed E-state index contributed by atoms with van der Waals surface area (Å²) in [6.07, 6.45) is 0.477. The summed E-state index contributed by atoms with van der Waals surface area (Å²) in [5.74, 6) is 0.847. The van der Waals surface area contributed by atoms with Gasteiger partial charge in [0.05, 0.1) is 12.3 Å². The Hall–Kier alpha value is -1.88. The van der Waals surface area contributed by atoms with Gasteiger partial charge in [0.1, 0.15) is 5.75 Å². The Morgan fingerprint density at radius 3 is 2.55 bits per heavy atom. The van der Waals surface area contributed by atoms with E-state index in [0.29, 0.717) is 18.2 Å². The number of rotatable bonds is 5. The van der Waals surface area contributed by atoms with Crippen LogP contribution in [-0.4, -0.2) is 17.5 Å². The summed E-state index contributed by atoms with van der Waals surface area (Å²) in [6, 6.07) is 7.80. The zero-order valence-electron chi connectivity index (χ0n) is 13.5. The Kier molecular flexibility index (Phi) is 5.19. The van der Waals surface area contributed by atoms with Crippen molar-refractivity contribution < 1.29 is 9.53 Å². The summed E-state index contributed by atoms with van der Waals surface area (Å²) in [5, 5.41) is 5.45. The first-order chi connectivity index (χ1) is 10.4. The quantitative estimate of drug-likeness (QED) is 0.877. The average Bonchev–Trinajstić information content (AvgIpc) is 2.86. The van der Waals surface area contributed by atoms with Crippen molar-refractivity contribution >= 4 is 22.4 Å². The number of hydrogen-bond acceptors (Lipinski definition) is 4. The molecule has 0 aliphatic heterocycles. The lowest BCUT2D eigenvalue weighted by molar-refractivity contribution is -0.117. The first-order valence-corrected chi connectivity index (χ1v) is 8.24. The van der Waals surface area contributed by atoms with E-state index >= 15 is 0 Å². The van der Waals surface area contributed by atoms with Gasteiger partial charge in [-0.05, 0) is 36.6 Å². The third-order valence-corrected chi connectivity index (χ3v) is 3.66. The molecule has 1 heterocycles. The molecule has 22 heavy (non-hydrogen) atoms. The maximum atomic E-state index is 11.9. The first-order valence-electron chi connectivity index (χ1n) is 7.36. The van der Waals surface area contributed by atoms with E-state index in [0.717, 1.165) is 17.0 Å². The third kappa shape index (κ3) is 4.84. The number of anilines is 1. The zero-order chi connectivity index (χ0) is 16.2. The van der Waals surface area contributed by atoms with Gasteiger partial charge in [-0.15, -0.1) is 11.3 Å². The van der Waals surface area contributed by atoms with Gasteiger partial charge < -0.3 is 10.1 Å². The average molecular weight is 318 g/mol. The Morgan fingerprint density at radius 2 is 1.95 bits per heavy atom. The highest BCUT2D eigenvalue weighted by atomic mass is 32.1. The molecule has 2 rings (SSSR count). The summed E-state index contributed by atoms with van der Waals surface area (Å²) >= 11 is 1.44. The molecule has 0 saturated carbocycles. The number of benzene rings is 1. The SMILES string of the molecule is CCOc1ccc(-c2csc(NC(=O)CC(C)(C)C)n2)cc1. The van der Waals surface area contributed by atoms with E-state index in [4.69, 9.17) is 4.74 Å². The molecule has 1 aromatic heterocycles. The van der Waals surface area contributed by atoms with E-state index in [1.807, 2.05) is 57.3 Å². The van der Waals surface area contributed by atoms with Gasteiger partial charge in [0.15, 0.2) is 5.13 Å². The minimum Gasteiger partial charge on any atom is -0.494 e. The fourth-order valence-electron chi connectivity index (χ4n) is 2.00. The lowest BCUT2D eigenvalue weighted by atomic mass is 9.92. The number of carbonyl (C=O) groups excluding carboxylic acids is 1. The molecule has 4 nitrogen and oxygen atoms in total. The van der Waals surface area contributed by atoms with Crippen molar-refractivity contribution in [3.63, 3.8) is 0 Å². The third-order valence-electron chi connectivity index (χ3n) is 2.90. The topological polar surface area (TPSA) is 51.2 Å². The molecule has 0 saturated heterocycles. The Morgan fingerprint density at radius 1 is 1.27 bits per heavy atom. The highest BCUT2D eigenvalue weighted by molar-refractivity contribution is 7.14. The van der Waals surface area contributed by atoms with Crippen LogP contribution in [-0.2, 0) is 4.79 Å². The molecule has 0 aliphatic carbocycles. The van der Waals surface area contributed by atoms with Gasteiger partial charge in [-0.3, -0.25) is 4.79 Å². The highest BCUT2D eigenvalue weighted by Gasteiger charge is 2.17. The number of amides is 1. The number of aromatic nitrogens is 1. The van der Waals surface area contributed by atoms with E-state index in [2.05, 4.69) is 10.3 Å². The van der Waals surface area contributed by atoms with Crippen LogP contribution in [0, 0.1) is 5.41 Å². The van der Waals surface area contributed by atoms with Gasteiger partial charge in [0, 0.05) is 17.4 Å². The number of hydrogen-bond donors (Lipinski definition) is 1. The van der Waals surface area contributed by atoms with Crippen LogP contribution in [0.15, 0.2) is 29.6 Å². The van der Waals surface area contributed by atoms with Crippen molar-refractivity contribution in [3.8, 4) is 17.0 Å². The largest absolute Gasteiger partial charge is 0.494 e. The van der Waals surface area contributed by atoms with E-state index in [1.165, 1.54) is 11.3 Å². The number of nitrogens with zero attached hydrogens (tertiary/aromatic N) is 1. The molecule has 0 unspecified atom stereocenters. The fourth-order valence-corrected chi connectivity index (χ4v) is 2.73. The van der Waals surface area contributed by atoms with E-state index in [-0.39, 0.29) is 11.3 Å². The molecular formula is C17H22N2O2S. The van der Waals surface area contributed by atoms with Crippen LogP contribution < -0.4 is 10.1 Å². The van der Waals surface area contributed by atoms with Crippen LogP contribution >= 0.6 is 11.3 Å². The Bertz CT molecular complexity index is 627. The molecule has 118 valence electrons. The standard InChI is InChI=1S/C17H22N2O2S/c1-5-21-13-8-6-12(7-9-13)14-11-22-16(18-14)19-15(20)10-17(2,3)4/h6-9,11H,5,10H2,1-4H3,(H,18,19,20). The van der Waals surface area contributed by atoms with Gasteiger partial charge in [0.25, 0.3) is 0 Å². The van der Waals surface area contributed by atoms with Crippen LogP contribution in [0.4, 0.5) is 5.13 Å². The summed E-state index contributed by atoms with van der Waals surface area (Å²) < 4.78 is 5.43. The molecule has 2 aromatic rings. The fraction of sp³-hybridized carbons (Fsp3) is 0.412. The number of carbonyl (C=O) groups is 1. The molecule has 5 heteroatoms. The van der Waals surface area contributed by atoms with Gasteiger partial charge in [0.2, 0.25) is 5.91 Å². The summed E-state index contributed by atoms with van der Waals surface area (Å²) in [4.78, 5) is 16.4. The Labute approximate surface area is 135 Å². The van der Waals surface area contributed by atoms with Crippen molar-refractivity contribution in [2.45, 2.75) is 34.1 Å². The predicted molar refractivity (Wildman–Crippen MR) is 91.4 cm³/mol. The van der Waals surface area contributed by atoms with Crippen molar-refractivity contribution in [1.82, 2.24) is 4.98 Å². The van der Waals surface area contributed by atoms with Crippen LogP contribution in [0.25, 0.3) is 11.3 Å². The molecule has 1 N–H and O–H groups in total. The van der Waals surface area contributed by atoms with Gasteiger partial charge in [-0.2, -0.15) is 0 Å². The smallest absolute Gasteiger partial charge is 0.226 e. The normalized spacial score (nSPS) is 11.3. The van der Waals surface area contributed by atoms with E-state index in [1.54, 1.807) is 0 Å². The molecule has 1 amide bonds. The summed E-state index contributed by atoms with van der Waals surface area (Å²) in [6.45, 7) is 8.74. The molecule has 0 radical (unpaired) electrons. The molecule has 0 spiro atoms. The minimum absolute atomic E-state index is 0.0000868. The number of thiazole rings is 1. The molecule has 0 bridgehead atoms. The predicted octanol–water partition coefficient (Wildman–Crippen LogP) is 4.58. The maximum absolute atomic E-state index is 11.9. The van der Waals surface area contributed by atoms with Crippen molar-refractivity contribution in [1.29, 1.82) is 0 Å². The molecule has 0 fully saturated rings. The van der Waals surface area contributed by atoms with E-state index in [9.17, 15) is 4.79 Å². The summed E-state index contributed by atoms with van der Waals surface area (Å²) in [5.41, 5.74) is 1.84. The van der Waals surface area contributed by atoms with Crippen molar-refractivity contribution in [3.05, 3.63) is 29.6 Å². The van der Waals surface area contributed by atoms with Crippen LogP contribution in [0.3, 0.4) is 0 Å². The molecular weight excluding hydrogens is 296 g/mol. The van der Waals surface area contributed by atoms with E-state index < -0.39 is 0 Å². The van der Waals surface area contributed by atoms with Gasteiger partial charge in [-0.1, -0.05) is 20.8 Å². The minimum atomic E-state index is -0.0285. The maximum Gasteiger partial charge on any atom is 0.226 e. The number of ether oxygens (including phenoxy) is 1. The van der Waals surface area contributed by atoms with Crippen LogP contribution in [0.5, 0.6) is 5.75 Å². The second-order valence-corrected chi connectivity index (χ2v) is 7.14. The van der Waals surface area contributed by atoms with Crippen molar-refractivity contribution in [2.75, 3.05) is 11.9 Å². The Balaban J connectivity index is 2.03. The lowest BCUT2D eigenvalue weighted by Crippen LogP contribution is -2.19.